The van der Waals surface area contributed by atoms with E-state index < -0.39 is 0 Å². The monoisotopic (exact) mass is 284 g/mol. The number of rotatable bonds is 3. The van der Waals surface area contributed by atoms with Gasteiger partial charge in [-0.05, 0) is 23.8 Å². The molecule has 21 heavy (non-hydrogen) atoms. The first kappa shape index (κ1) is 13.8. The van der Waals surface area contributed by atoms with Crippen molar-refractivity contribution < 1.29 is 9.84 Å². The van der Waals surface area contributed by atoms with Gasteiger partial charge < -0.3 is 20.1 Å². The Kier molecular flexibility index (Phi) is 3.97. The van der Waals surface area contributed by atoms with Gasteiger partial charge in [0.05, 0.1) is 7.11 Å². The lowest BCUT2D eigenvalue weighted by molar-refractivity contribution is 0.406. The SMILES string of the molecule is COc1ccc(CN2CCNCc3ccccc32)c(O)c1. The molecule has 0 saturated carbocycles. The lowest BCUT2D eigenvalue weighted by Crippen LogP contribution is -2.28. The van der Waals surface area contributed by atoms with E-state index >= 15 is 0 Å². The summed E-state index contributed by atoms with van der Waals surface area (Å²) >= 11 is 0. The highest BCUT2D eigenvalue weighted by atomic mass is 16.5. The third-order valence-corrected chi connectivity index (χ3v) is 3.86. The van der Waals surface area contributed by atoms with Gasteiger partial charge in [0.1, 0.15) is 11.5 Å². The summed E-state index contributed by atoms with van der Waals surface area (Å²) < 4.78 is 5.13. The Hall–Kier alpha value is -2.20. The van der Waals surface area contributed by atoms with Gasteiger partial charge in [-0.15, -0.1) is 0 Å². The number of para-hydroxylation sites is 1. The minimum absolute atomic E-state index is 0.282. The van der Waals surface area contributed by atoms with E-state index in [9.17, 15) is 5.11 Å². The minimum atomic E-state index is 0.282. The predicted octanol–water partition coefficient (Wildman–Crippen LogP) is 2.51. The molecule has 4 nitrogen and oxygen atoms in total. The Labute approximate surface area is 125 Å². The molecule has 2 aromatic rings. The molecule has 0 atom stereocenters. The van der Waals surface area contributed by atoms with Gasteiger partial charge in [-0.2, -0.15) is 0 Å². The van der Waals surface area contributed by atoms with Gasteiger partial charge in [-0.1, -0.05) is 18.2 Å². The van der Waals surface area contributed by atoms with Crippen molar-refractivity contribution in [3.63, 3.8) is 0 Å². The number of hydrogen-bond acceptors (Lipinski definition) is 4. The molecule has 1 aliphatic heterocycles. The Bertz CT molecular complexity index is 628. The zero-order chi connectivity index (χ0) is 14.7. The van der Waals surface area contributed by atoms with Crippen molar-refractivity contribution in [3.05, 3.63) is 53.6 Å². The average molecular weight is 284 g/mol. The number of anilines is 1. The first-order chi connectivity index (χ1) is 10.3. The van der Waals surface area contributed by atoms with Gasteiger partial charge >= 0.3 is 0 Å². The number of ether oxygens (including phenoxy) is 1. The maximum Gasteiger partial charge on any atom is 0.124 e. The number of methoxy groups -OCH3 is 1. The van der Waals surface area contributed by atoms with Crippen LogP contribution in [0.3, 0.4) is 0 Å². The Morgan fingerprint density at radius 2 is 2.10 bits per heavy atom. The summed E-state index contributed by atoms with van der Waals surface area (Å²) in [6, 6.07) is 13.9. The number of phenolic OH excluding ortho intramolecular Hbond substituents is 1. The molecule has 0 aliphatic carbocycles. The van der Waals surface area contributed by atoms with Crippen molar-refractivity contribution in [1.29, 1.82) is 0 Å². The van der Waals surface area contributed by atoms with E-state index in [2.05, 4.69) is 34.5 Å². The molecule has 0 spiro atoms. The molecule has 4 heteroatoms. The number of phenols is 1. The van der Waals surface area contributed by atoms with Crippen LogP contribution in [-0.4, -0.2) is 25.3 Å². The maximum absolute atomic E-state index is 10.1. The van der Waals surface area contributed by atoms with Gasteiger partial charge in [0.2, 0.25) is 0 Å². The van der Waals surface area contributed by atoms with Crippen LogP contribution in [0.25, 0.3) is 0 Å². The van der Waals surface area contributed by atoms with E-state index in [1.807, 2.05) is 12.1 Å². The van der Waals surface area contributed by atoms with Crippen LogP contribution in [0.1, 0.15) is 11.1 Å². The molecule has 0 unspecified atom stereocenters. The van der Waals surface area contributed by atoms with E-state index in [1.165, 1.54) is 11.3 Å². The smallest absolute Gasteiger partial charge is 0.124 e. The summed E-state index contributed by atoms with van der Waals surface area (Å²) in [6.07, 6.45) is 0. The highest BCUT2D eigenvalue weighted by Gasteiger charge is 2.16. The van der Waals surface area contributed by atoms with Gasteiger partial charge in [0.15, 0.2) is 0 Å². The molecule has 0 fully saturated rings. The second kappa shape index (κ2) is 6.06. The van der Waals surface area contributed by atoms with Crippen molar-refractivity contribution in [2.24, 2.45) is 0 Å². The highest BCUT2D eigenvalue weighted by molar-refractivity contribution is 5.55. The van der Waals surface area contributed by atoms with Crippen LogP contribution >= 0.6 is 0 Å². The fourth-order valence-corrected chi connectivity index (χ4v) is 2.70. The number of fused-ring (bicyclic) bond motifs is 1. The molecule has 0 radical (unpaired) electrons. The maximum atomic E-state index is 10.1. The summed E-state index contributed by atoms with van der Waals surface area (Å²) in [5.41, 5.74) is 3.44. The lowest BCUT2D eigenvalue weighted by Gasteiger charge is -2.25. The van der Waals surface area contributed by atoms with E-state index in [0.717, 1.165) is 25.2 Å². The molecule has 0 aromatic heterocycles. The predicted molar refractivity (Wildman–Crippen MR) is 83.9 cm³/mol. The fraction of sp³-hybridized carbons (Fsp3) is 0.294. The van der Waals surface area contributed by atoms with E-state index in [1.54, 1.807) is 13.2 Å². The second-order valence-corrected chi connectivity index (χ2v) is 5.22. The van der Waals surface area contributed by atoms with Crippen LogP contribution in [0, 0.1) is 0 Å². The summed E-state index contributed by atoms with van der Waals surface area (Å²) in [4.78, 5) is 2.30. The molecule has 0 amide bonds. The normalized spacial score (nSPS) is 14.4. The third kappa shape index (κ3) is 2.95. The Balaban J connectivity index is 1.87. The largest absolute Gasteiger partial charge is 0.507 e. The molecule has 110 valence electrons. The second-order valence-electron chi connectivity index (χ2n) is 5.22. The van der Waals surface area contributed by atoms with Crippen LogP contribution in [0.2, 0.25) is 0 Å². The molecule has 1 aliphatic rings. The molecule has 2 N–H and O–H groups in total. The van der Waals surface area contributed by atoms with Crippen LogP contribution in [-0.2, 0) is 13.1 Å². The topological polar surface area (TPSA) is 44.7 Å². The Morgan fingerprint density at radius 3 is 2.90 bits per heavy atom. The van der Waals surface area contributed by atoms with Crippen LogP contribution in [0.4, 0.5) is 5.69 Å². The number of benzene rings is 2. The molecule has 0 saturated heterocycles. The summed E-state index contributed by atoms with van der Waals surface area (Å²) in [5.74, 6) is 0.957. The molecular formula is C17H20N2O2. The quantitative estimate of drug-likeness (QED) is 0.909. The van der Waals surface area contributed by atoms with Crippen molar-refractivity contribution in [2.75, 3.05) is 25.1 Å². The van der Waals surface area contributed by atoms with Gasteiger partial charge in [-0.25, -0.2) is 0 Å². The zero-order valence-electron chi connectivity index (χ0n) is 12.2. The Morgan fingerprint density at radius 1 is 1.24 bits per heavy atom. The minimum Gasteiger partial charge on any atom is -0.507 e. The van der Waals surface area contributed by atoms with E-state index in [4.69, 9.17) is 4.74 Å². The van der Waals surface area contributed by atoms with Crippen molar-refractivity contribution in [2.45, 2.75) is 13.1 Å². The number of nitrogens with zero attached hydrogens (tertiary/aromatic N) is 1. The summed E-state index contributed by atoms with van der Waals surface area (Å²) in [5, 5.41) is 13.6. The van der Waals surface area contributed by atoms with Crippen LogP contribution in [0.15, 0.2) is 42.5 Å². The van der Waals surface area contributed by atoms with Gasteiger partial charge in [0.25, 0.3) is 0 Å². The number of nitrogens with one attached hydrogen (secondary N) is 1. The molecule has 2 aromatic carbocycles. The van der Waals surface area contributed by atoms with E-state index in [0.29, 0.717) is 12.3 Å². The summed E-state index contributed by atoms with van der Waals surface area (Å²) in [6.45, 7) is 3.43. The van der Waals surface area contributed by atoms with E-state index in [-0.39, 0.29) is 5.75 Å². The fourth-order valence-electron chi connectivity index (χ4n) is 2.70. The summed E-state index contributed by atoms with van der Waals surface area (Å²) in [7, 11) is 1.60. The van der Waals surface area contributed by atoms with Crippen molar-refractivity contribution >= 4 is 5.69 Å². The molecule has 1 heterocycles. The first-order valence-corrected chi connectivity index (χ1v) is 7.17. The van der Waals surface area contributed by atoms with Gasteiger partial charge in [-0.3, -0.25) is 0 Å². The van der Waals surface area contributed by atoms with Crippen LogP contribution in [0.5, 0.6) is 11.5 Å². The third-order valence-electron chi connectivity index (χ3n) is 3.86. The first-order valence-electron chi connectivity index (χ1n) is 7.17. The standard InChI is InChI=1S/C17H20N2O2/c1-21-15-7-6-14(17(20)10-15)12-19-9-8-18-11-13-4-2-3-5-16(13)19/h2-7,10,18,20H,8-9,11-12H2,1H3. The number of hydrogen-bond donors (Lipinski definition) is 2. The molecule has 0 bridgehead atoms. The molecule has 3 rings (SSSR count). The van der Waals surface area contributed by atoms with Gasteiger partial charge in [0, 0.05) is 43.5 Å². The zero-order valence-corrected chi connectivity index (χ0v) is 12.2. The highest BCUT2D eigenvalue weighted by Crippen LogP contribution is 2.28. The van der Waals surface area contributed by atoms with Crippen molar-refractivity contribution in [3.8, 4) is 11.5 Å². The molecular weight excluding hydrogens is 264 g/mol. The van der Waals surface area contributed by atoms with Crippen molar-refractivity contribution in [1.82, 2.24) is 5.32 Å². The number of aromatic hydroxyl groups is 1. The lowest BCUT2D eigenvalue weighted by atomic mass is 10.1. The van der Waals surface area contributed by atoms with Crippen LogP contribution < -0.4 is 15.0 Å². The average Bonchev–Trinajstić information content (AvgIpc) is 2.72.